The van der Waals surface area contributed by atoms with Crippen molar-refractivity contribution >= 4 is 5.97 Å². The van der Waals surface area contributed by atoms with E-state index in [2.05, 4.69) is 13.8 Å². The lowest BCUT2D eigenvalue weighted by Gasteiger charge is -2.33. The molecule has 0 radical (unpaired) electrons. The number of hydrogen-bond donors (Lipinski definition) is 1. The van der Waals surface area contributed by atoms with E-state index in [9.17, 15) is 4.79 Å². The number of rotatable bonds is 2. The van der Waals surface area contributed by atoms with Crippen molar-refractivity contribution in [2.45, 2.75) is 39.2 Å². The molecule has 1 fully saturated rings. The Balaban J connectivity index is 2.48. The first-order valence-electron chi connectivity index (χ1n) is 5.04. The zero-order valence-corrected chi connectivity index (χ0v) is 8.45. The van der Waals surface area contributed by atoms with E-state index in [1.165, 1.54) is 6.42 Å². The summed E-state index contributed by atoms with van der Waals surface area (Å²) < 4.78 is 5.30. The summed E-state index contributed by atoms with van der Waals surface area (Å²) in [7, 11) is 0. The van der Waals surface area contributed by atoms with E-state index < -0.39 is 0 Å². The van der Waals surface area contributed by atoms with Gasteiger partial charge in [0.25, 0.3) is 0 Å². The average molecular weight is 185 g/mol. The van der Waals surface area contributed by atoms with Gasteiger partial charge in [0.2, 0.25) is 0 Å². The number of esters is 1. The molecule has 0 aliphatic heterocycles. The highest BCUT2D eigenvalue weighted by Crippen LogP contribution is 2.31. The van der Waals surface area contributed by atoms with Gasteiger partial charge in [-0.1, -0.05) is 20.3 Å². The molecule has 2 atom stereocenters. The lowest BCUT2D eigenvalue weighted by atomic mass is 9.80. The zero-order chi connectivity index (χ0) is 9.84. The molecule has 0 spiro atoms. The maximum absolute atomic E-state index is 11.0. The minimum absolute atomic E-state index is 0.00403. The minimum Gasteiger partial charge on any atom is -0.461 e. The fourth-order valence-electron chi connectivity index (χ4n) is 2.08. The lowest BCUT2D eigenvalue weighted by Crippen LogP contribution is -2.36. The quantitative estimate of drug-likeness (QED) is 0.660. The van der Waals surface area contributed by atoms with Gasteiger partial charge in [0.1, 0.15) is 6.10 Å². The average Bonchev–Trinajstić information content (AvgIpc) is 2.11. The summed E-state index contributed by atoms with van der Waals surface area (Å²) in [5, 5.41) is 0. The van der Waals surface area contributed by atoms with Gasteiger partial charge in [-0.05, 0) is 24.7 Å². The largest absolute Gasteiger partial charge is 0.461 e. The van der Waals surface area contributed by atoms with Gasteiger partial charge >= 0.3 is 5.97 Å². The Labute approximate surface area is 79.6 Å². The second-order valence-electron chi connectivity index (χ2n) is 4.04. The molecule has 0 bridgehead atoms. The van der Waals surface area contributed by atoms with Crippen LogP contribution in [0.15, 0.2) is 0 Å². The van der Waals surface area contributed by atoms with Crippen LogP contribution in [0.5, 0.6) is 0 Å². The van der Waals surface area contributed by atoms with Crippen LogP contribution in [0.3, 0.4) is 0 Å². The van der Waals surface area contributed by atoms with Gasteiger partial charge in [-0.2, -0.15) is 0 Å². The molecule has 1 saturated carbocycles. The Hall–Kier alpha value is -0.570. The normalized spacial score (nSPS) is 34.2. The van der Waals surface area contributed by atoms with Crippen LogP contribution in [0, 0.1) is 11.8 Å². The fraction of sp³-hybridized carbons (Fsp3) is 0.900. The summed E-state index contributed by atoms with van der Waals surface area (Å²) in [6, 6.07) is 0. The van der Waals surface area contributed by atoms with Gasteiger partial charge in [0.05, 0.1) is 6.54 Å². The number of ether oxygens (including phenoxy) is 1. The first-order chi connectivity index (χ1) is 6.15. The Kier molecular flexibility index (Phi) is 3.72. The highest BCUT2D eigenvalue weighted by molar-refractivity contribution is 5.71. The van der Waals surface area contributed by atoms with E-state index in [1.807, 2.05) is 0 Å². The highest BCUT2D eigenvalue weighted by Gasteiger charge is 2.30. The van der Waals surface area contributed by atoms with E-state index in [0.717, 1.165) is 12.8 Å². The Morgan fingerprint density at radius 3 is 2.38 bits per heavy atom. The molecule has 1 aliphatic carbocycles. The maximum Gasteiger partial charge on any atom is 0.319 e. The van der Waals surface area contributed by atoms with Crippen molar-refractivity contribution in [3.05, 3.63) is 0 Å². The molecule has 0 amide bonds. The van der Waals surface area contributed by atoms with Crippen molar-refractivity contribution < 1.29 is 9.53 Å². The van der Waals surface area contributed by atoms with Crippen LogP contribution in [0.25, 0.3) is 0 Å². The molecule has 3 nitrogen and oxygen atoms in total. The minimum atomic E-state index is -0.273. The predicted octanol–water partition coefficient (Wildman–Crippen LogP) is 1.31. The molecule has 76 valence electrons. The van der Waals surface area contributed by atoms with Crippen molar-refractivity contribution in [1.29, 1.82) is 0 Å². The smallest absolute Gasteiger partial charge is 0.319 e. The molecule has 0 aromatic heterocycles. The monoisotopic (exact) mass is 185 g/mol. The SMILES string of the molecule is CC1CCCC(C)C1OC(=O)CN. The molecule has 0 saturated heterocycles. The van der Waals surface area contributed by atoms with Crippen LogP contribution in [-0.2, 0) is 9.53 Å². The molecule has 13 heavy (non-hydrogen) atoms. The van der Waals surface area contributed by atoms with Crippen molar-refractivity contribution in [1.82, 2.24) is 0 Å². The van der Waals surface area contributed by atoms with Crippen LogP contribution in [0.2, 0.25) is 0 Å². The lowest BCUT2D eigenvalue weighted by molar-refractivity contribution is -0.154. The van der Waals surface area contributed by atoms with E-state index in [1.54, 1.807) is 0 Å². The van der Waals surface area contributed by atoms with Gasteiger partial charge in [0, 0.05) is 0 Å². The Morgan fingerprint density at radius 2 is 1.92 bits per heavy atom. The Morgan fingerprint density at radius 1 is 1.38 bits per heavy atom. The molecule has 0 heterocycles. The standard InChI is InChI=1S/C10H19NO2/c1-7-4-3-5-8(2)10(7)13-9(12)6-11/h7-8,10H,3-6,11H2,1-2H3. The van der Waals surface area contributed by atoms with Crippen LogP contribution >= 0.6 is 0 Å². The summed E-state index contributed by atoms with van der Waals surface area (Å²) >= 11 is 0. The van der Waals surface area contributed by atoms with E-state index in [0.29, 0.717) is 11.8 Å². The highest BCUT2D eigenvalue weighted by atomic mass is 16.5. The fourth-order valence-corrected chi connectivity index (χ4v) is 2.08. The molecule has 2 N–H and O–H groups in total. The van der Waals surface area contributed by atoms with Gasteiger partial charge in [-0.25, -0.2) is 0 Å². The number of carbonyl (C=O) groups is 1. The van der Waals surface area contributed by atoms with Crippen LogP contribution < -0.4 is 5.73 Å². The summed E-state index contributed by atoms with van der Waals surface area (Å²) in [5.74, 6) is 0.698. The maximum atomic E-state index is 11.0. The molecule has 0 aromatic carbocycles. The molecular formula is C10H19NO2. The van der Waals surface area contributed by atoms with Crippen molar-refractivity contribution in [2.24, 2.45) is 17.6 Å². The van der Waals surface area contributed by atoms with E-state index >= 15 is 0 Å². The van der Waals surface area contributed by atoms with Gasteiger partial charge < -0.3 is 10.5 Å². The third kappa shape index (κ3) is 2.69. The third-order valence-electron chi connectivity index (χ3n) is 2.87. The van der Waals surface area contributed by atoms with E-state index in [4.69, 9.17) is 10.5 Å². The van der Waals surface area contributed by atoms with Crippen molar-refractivity contribution in [2.75, 3.05) is 6.54 Å². The summed E-state index contributed by atoms with van der Waals surface area (Å²) in [6.45, 7) is 4.28. The van der Waals surface area contributed by atoms with Gasteiger partial charge in [-0.3, -0.25) is 4.79 Å². The first kappa shape index (κ1) is 10.5. The molecule has 3 heteroatoms. The summed E-state index contributed by atoms with van der Waals surface area (Å²) in [4.78, 5) is 11.0. The van der Waals surface area contributed by atoms with Crippen LogP contribution in [0.1, 0.15) is 33.1 Å². The predicted molar refractivity (Wildman–Crippen MR) is 51.1 cm³/mol. The van der Waals surface area contributed by atoms with Gasteiger partial charge in [0.15, 0.2) is 0 Å². The topological polar surface area (TPSA) is 52.3 Å². The third-order valence-corrected chi connectivity index (χ3v) is 2.87. The summed E-state index contributed by atoms with van der Waals surface area (Å²) in [5.41, 5.74) is 5.21. The second-order valence-corrected chi connectivity index (χ2v) is 4.04. The van der Waals surface area contributed by atoms with Crippen molar-refractivity contribution in [3.8, 4) is 0 Å². The molecule has 2 unspecified atom stereocenters. The molecule has 0 aromatic rings. The summed E-state index contributed by atoms with van der Waals surface area (Å²) in [6.07, 6.45) is 3.66. The number of hydrogen-bond acceptors (Lipinski definition) is 3. The van der Waals surface area contributed by atoms with Crippen molar-refractivity contribution in [3.63, 3.8) is 0 Å². The number of carbonyl (C=O) groups excluding carboxylic acids is 1. The number of nitrogens with two attached hydrogens (primary N) is 1. The molecular weight excluding hydrogens is 166 g/mol. The van der Waals surface area contributed by atoms with Gasteiger partial charge in [-0.15, -0.1) is 0 Å². The molecule has 1 rings (SSSR count). The van der Waals surface area contributed by atoms with Crippen LogP contribution in [-0.4, -0.2) is 18.6 Å². The second kappa shape index (κ2) is 4.61. The zero-order valence-electron chi connectivity index (χ0n) is 8.45. The first-order valence-corrected chi connectivity index (χ1v) is 5.04. The Bertz CT molecular complexity index is 172. The molecule has 1 aliphatic rings. The van der Waals surface area contributed by atoms with Crippen LogP contribution in [0.4, 0.5) is 0 Å². The van der Waals surface area contributed by atoms with E-state index in [-0.39, 0.29) is 18.6 Å².